The monoisotopic (exact) mass is 211 g/mol. The first-order valence-corrected chi connectivity index (χ1v) is 4.66. The molecule has 0 radical (unpaired) electrons. The molecule has 0 heterocycles. The van der Waals surface area contributed by atoms with Crippen LogP contribution in [0.5, 0.6) is 0 Å². The average molecular weight is 212 g/mol. The zero-order valence-corrected chi connectivity index (χ0v) is 8.66. The SMILES string of the molecule is C#CCCNc1cc(C)c(F)cc1Cl. The molecule has 0 bridgehead atoms. The number of anilines is 1. The summed E-state index contributed by atoms with van der Waals surface area (Å²) in [5, 5.41) is 3.42. The van der Waals surface area contributed by atoms with Gasteiger partial charge in [0.25, 0.3) is 0 Å². The van der Waals surface area contributed by atoms with Crippen LogP contribution in [0, 0.1) is 25.1 Å². The lowest BCUT2D eigenvalue weighted by Gasteiger charge is -2.08. The Kier molecular flexibility index (Phi) is 3.79. The quantitative estimate of drug-likeness (QED) is 0.598. The van der Waals surface area contributed by atoms with Gasteiger partial charge in [-0.05, 0) is 24.6 Å². The van der Waals surface area contributed by atoms with Crippen LogP contribution in [0.25, 0.3) is 0 Å². The van der Waals surface area contributed by atoms with E-state index in [1.807, 2.05) is 0 Å². The van der Waals surface area contributed by atoms with E-state index in [4.69, 9.17) is 18.0 Å². The van der Waals surface area contributed by atoms with Crippen molar-refractivity contribution in [1.29, 1.82) is 0 Å². The molecule has 0 spiro atoms. The fraction of sp³-hybridized carbons (Fsp3) is 0.273. The molecule has 1 aromatic rings. The Balaban J connectivity index is 2.78. The van der Waals surface area contributed by atoms with E-state index < -0.39 is 0 Å². The van der Waals surface area contributed by atoms with Gasteiger partial charge in [0.05, 0.1) is 10.7 Å². The van der Waals surface area contributed by atoms with E-state index in [9.17, 15) is 4.39 Å². The minimum atomic E-state index is -0.294. The zero-order chi connectivity index (χ0) is 10.6. The van der Waals surface area contributed by atoms with Crippen LogP contribution in [-0.4, -0.2) is 6.54 Å². The zero-order valence-electron chi connectivity index (χ0n) is 7.90. The van der Waals surface area contributed by atoms with Crippen LogP contribution in [0.4, 0.5) is 10.1 Å². The molecule has 1 rings (SSSR count). The van der Waals surface area contributed by atoms with Gasteiger partial charge in [-0.2, -0.15) is 0 Å². The van der Waals surface area contributed by atoms with Gasteiger partial charge >= 0.3 is 0 Å². The normalized spacial score (nSPS) is 9.57. The molecule has 0 saturated carbocycles. The number of hydrogen-bond acceptors (Lipinski definition) is 1. The standard InChI is InChI=1S/C11H11ClFN/c1-3-4-5-14-11-6-8(2)10(13)7-9(11)12/h1,6-7,14H,4-5H2,2H3. The van der Waals surface area contributed by atoms with Gasteiger partial charge < -0.3 is 5.32 Å². The van der Waals surface area contributed by atoms with E-state index in [-0.39, 0.29) is 5.82 Å². The van der Waals surface area contributed by atoms with E-state index in [1.54, 1.807) is 13.0 Å². The van der Waals surface area contributed by atoms with Gasteiger partial charge in [0, 0.05) is 13.0 Å². The summed E-state index contributed by atoms with van der Waals surface area (Å²) >= 11 is 5.83. The molecule has 0 aliphatic rings. The summed E-state index contributed by atoms with van der Waals surface area (Å²) in [6.45, 7) is 2.33. The van der Waals surface area contributed by atoms with Crippen LogP contribution in [0.3, 0.4) is 0 Å². The summed E-state index contributed by atoms with van der Waals surface area (Å²) in [6.07, 6.45) is 5.72. The number of rotatable bonds is 3. The Morgan fingerprint density at radius 1 is 1.57 bits per heavy atom. The van der Waals surface area contributed by atoms with Crippen molar-refractivity contribution in [1.82, 2.24) is 0 Å². The lowest BCUT2D eigenvalue weighted by atomic mass is 10.2. The highest BCUT2D eigenvalue weighted by atomic mass is 35.5. The topological polar surface area (TPSA) is 12.0 Å². The molecule has 14 heavy (non-hydrogen) atoms. The molecule has 1 aromatic carbocycles. The van der Waals surface area contributed by atoms with Gasteiger partial charge in [0.2, 0.25) is 0 Å². The maximum Gasteiger partial charge on any atom is 0.127 e. The van der Waals surface area contributed by atoms with E-state index >= 15 is 0 Å². The molecule has 0 unspecified atom stereocenters. The van der Waals surface area contributed by atoms with Crippen LogP contribution in [0.1, 0.15) is 12.0 Å². The predicted octanol–water partition coefficient (Wildman–Crippen LogP) is 3.22. The largest absolute Gasteiger partial charge is 0.383 e. The summed E-state index contributed by atoms with van der Waals surface area (Å²) in [6, 6.07) is 2.98. The number of nitrogens with one attached hydrogen (secondary N) is 1. The van der Waals surface area contributed by atoms with Crippen molar-refractivity contribution >= 4 is 17.3 Å². The third-order valence-electron chi connectivity index (χ3n) is 1.83. The number of terminal acetylenes is 1. The second-order valence-corrected chi connectivity index (χ2v) is 3.37. The molecule has 1 nitrogen and oxygen atoms in total. The van der Waals surface area contributed by atoms with Crippen LogP contribution in [0.2, 0.25) is 5.02 Å². The molecule has 3 heteroatoms. The summed E-state index contributed by atoms with van der Waals surface area (Å²) < 4.78 is 13.0. The van der Waals surface area contributed by atoms with Crippen LogP contribution in [-0.2, 0) is 0 Å². The molecule has 0 aromatic heterocycles. The third kappa shape index (κ3) is 2.65. The molecule has 1 N–H and O–H groups in total. The smallest absolute Gasteiger partial charge is 0.127 e. The Hall–Kier alpha value is -1.20. The second-order valence-electron chi connectivity index (χ2n) is 2.96. The fourth-order valence-corrected chi connectivity index (χ4v) is 1.28. The molecule has 0 aliphatic carbocycles. The summed E-state index contributed by atoms with van der Waals surface area (Å²) in [5.41, 5.74) is 1.29. The number of hydrogen-bond donors (Lipinski definition) is 1. The van der Waals surface area contributed by atoms with Gasteiger partial charge in [0.1, 0.15) is 5.82 Å². The maximum atomic E-state index is 13.0. The first-order chi connectivity index (χ1) is 6.65. The highest BCUT2D eigenvalue weighted by molar-refractivity contribution is 6.33. The van der Waals surface area contributed by atoms with Crippen LogP contribution in [0.15, 0.2) is 12.1 Å². The summed E-state index contributed by atoms with van der Waals surface area (Å²) in [7, 11) is 0. The molecule has 0 fully saturated rings. The van der Waals surface area contributed by atoms with Gasteiger partial charge in [-0.3, -0.25) is 0 Å². The molecular weight excluding hydrogens is 201 g/mol. The first kappa shape index (κ1) is 10.9. The molecule has 0 aliphatic heterocycles. The van der Waals surface area contributed by atoms with Crippen molar-refractivity contribution in [2.75, 3.05) is 11.9 Å². The van der Waals surface area contributed by atoms with E-state index in [2.05, 4.69) is 11.2 Å². The maximum absolute atomic E-state index is 13.0. The van der Waals surface area contributed by atoms with Gasteiger partial charge in [-0.25, -0.2) is 4.39 Å². The van der Waals surface area contributed by atoms with Crippen molar-refractivity contribution in [2.45, 2.75) is 13.3 Å². The van der Waals surface area contributed by atoms with Crippen molar-refractivity contribution < 1.29 is 4.39 Å². The Labute approximate surface area is 88.3 Å². The molecule has 0 atom stereocenters. The van der Waals surface area contributed by atoms with Gasteiger partial charge in [0.15, 0.2) is 0 Å². The minimum Gasteiger partial charge on any atom is -0.383 e. The second kappa shape index (κ2) is 4.88. The van der Waals surface area contributed by atoms with Crippen molar-refractivity contribution in [3.63, 3.8) is 0 Å². The van der Waals surface area contributed by atoms with Crippen molar-refractivity contribution in [3.8, 4) is 12.3 Å². The summed E-state index contributed by atoms with van der Waals surface area (Å²) in [5.74, 6) is 2.21. The average Bonchev–Trinajstić information content (AvgIpc) is 2.14. The lowest BCUT2D eigenvalue weighted by molar-refractivity contribution is 0.619. The van der Waals surface area contributed by atoms with Gasteiger partial charge in [-0.1, -0.05) is 11.6 Å². The Morgan fingerprint density at radius 3 is 2.93 bits per heavy atom. The van der Waals surface area contributed by atoms with E-state index in [0.29, 0.717) is 23.6 Å². The molecular formula is C11H11ClFN. The van der Waals surface area contributed by atoms with Crippen LogP contribution >= 0.6 is 11.6 Å². The van der Waals surface area contributed by atoms with Crippen molar-refractivity contribution in [2.24, 2.45) is 0 Å². The first-order valence-electron chi connectivity index (χ1n) is 4.28. The van der Waals surface area contributed by atoms with Crippen molar-refractivity contribution in [3.05, 3.63) is 28.5 Å². The predicted molar refractivity (Wildman–Crippen MR) is 58.1 cm³/mol. The Morgan fingerprint density at radius 2 is 2.29 bits per heavy atom. The molecule has 0 saturated heterocycles. The highest BCUT2D eigenvalue weighted by Gasteiger charge is 2.04. The third-order valence-corrected chi connectivity index (χ3v) is 2.15. The molecule has 0 amide bonds. The highest BCUT2D eigenvalue weighted by Crippen LogP contribution is 2.24. The van der Waals surface area contributed by atoms with Gasteiger partial charge in [-0.15, -0.1) is 12.3 Å². The number of halogens is 2. The van der Waals surface area contributed by atoms with E-state index in [0.717, 1.165) is 5.69 Å². The minimum absolute atomic E-state index is 0.294. The number of benzene rings is 1. The molecule has 74 valence electrons. The lowest BCUT2D eigenvalue weighted by Crippen LogP contribution is -2.01. The fourth-order valence-electron chi connectivity index (χ4n) is 1.06. The summed E-state index contributed by atoms with van der Waals surface area (Å²) in [4.78, 5) is 0. The Bertz CT molecular complexity index is 368. The van der Waals surface area contributed by atoms with E-state index in [1.165, 1.54) is 6.07 Å². The number of aryl methyl sites for hydroxylation is 1. The van der Waals surface area contributed by atoms with Crippen LogP contribution < -0.4 is 5.32 Å².